The smallest absolute Gasteiger partial charge is 0.339 e. The molecule has 2 heterocycles. The van der Waals surface area contributed by atoms with E-state index in [0.717, 1.165) is 17.7 Å². The molecule has 4 rings (SSSR count). The van der Waals surface area contributed by atoms with Gasteiger partial charge in [-0.3, -0.25) is 14.4 Å². The van der Waals surface area contributed by atoms with Gasteiger partial charge in [0.2, 0.25) is 5.91 Å². The van der Waals surface area contributed by atoms with Crippen molar-refractivity contribution >= 4 is 39.3 Å². The van der Waals surface area contributed by atoms with E-state index in [1.807, 2.05) is 0 Å². The highest BCUT2D eigenvalue weighted by Crippen LogP contribution is 2.33. The number of urea groups is 1. The molecule has 2 aliphatic heterocycles. The van der Waals surface area contributed by atoms with Crippen LogP contribution in [0.15, 0.2) is 24.3 Å². The highest BCUT2D eigenvalue weighted by Gasteiger charge is 2.48. The lowest BCUT2D eigenvalue weighted by Gasteiger charge is -2.29. The normalized spacial score (nSPS) is 23.2. The number of nitrogens with zero attached hydrogens (tertiary/aromatic N) is 3. The average Bonchev–Trinajstić information content (AvgIpc) is 3.44. The molecule has 1 aliphatic carbocycles. The Bertz CT molecular complexity index is 1020. The summed E-state index contributed by atoms with van der Waals surface area (Å²) in [5.41, 5.74) is 0.190. The number of benzene rings is 1. The number of rotatable bonds is 6. The highest BCUT2D eigenvalue weighted by molar-refractivity contribution is 7.91. The zero-order valence-corrected chi connectivity index (χ0v) is 17.1. The molecule has 3 aliphatic rings. The standard InChI is InChI=1S/C19H21N3O7S/c1-29-15-6-4-13(5-7-15)22-18(25)17(24)20(19(22)26)10-16(23)21(12-2-3-12)14-8-9-30(27,28)11-14/h4-7,12,14H,2-3,8-11H2,1H3. The van der Waals surface area contributed by atoms with Gasteiger partial charge < -0.3 is 9.64 Å². The Kier molecular flexibility index (Phi) is 5.00. The van der Waals surface area contributed by atoms with Crippen molar-refractivity contribution < 1.29 is 32.3 Å². The van der Waals surface area contributed by atoms with Crippen LogP contribution in [0.25, 0.3) is 0 Å². The molecule has 0 bridgehead atoms. The number of hydrogen-bond acceptors (Lipinski definition) is 7. The molecule has 30 heavy (non-hydrogen) atoms. The van der Waals surface area contributed by atoms with Crippen LogP contribution in [0, 0.1) is 0 Å². The lowest BCUT2D eigenvalue weighted by Crippen LogP contribution is -2.49. The second kappa shape index (κ2) is 7.38. The van der Waals surface area contributed by atoms with Crippen molar-refractivity contribution in [2.75, 3.05) is 30.1 Å². The van der Waals surface area contributed by atoms with Gasteiger partial charge in [0.1, 0.15) is 12.3 Å². The van der Waals surface area contributed by atoms with Crippen molar-refractivity contribution in [3.05, 3.63) is 24.3 Å². The van der Waals surface area contributed by atoms with E-state index in [1.165, 1.54) is 24.1 Å². The predicted molar refractivity (Wildman–Crippen MR) is 105 cm³/mol. The number of sulfone groups is 1. The van der Waals surface area contributed by atoms with Crippen LogP contribution < -0.4 is 9.64 Å². The summed E-state index contributed by atoms with van der Waals surface area (Å²) in [4.78, 5) is 53.3. The zero-order valence-electron chi connectivity index (χ0n) is 16.3. The van der Waals surface area contributed by atoms with Gasteiger partial charge in [0.05, 0.1) is 24.3 Å². The average molecular weight is 435 g/mol. The van der Waals surface area contributed by atoms with Gasteiger partial charge in [0.15, 0.2) is 9.84 Å². The van der Waals surface area contributed by atoms with Gasteiger partial charge in [-0.25, -0.2) is 23.0 Å². The van der Waals surface area contributed by atoms with Gasteiger partial charge in [-0.2, -0.15) is 0 Å². The fourth-order valence-corrected chi connectivity index (χ4v) is 5.59. The Balaban J connectivity index is 1.52. The molecule has 1 unspecified atom stereocenters. The van der Waals surface area contributed by atoms with Crippen molar-refractivity contribution in [2.45, 2.75) is 31.3 Å². The maximum atomic E-state index is 12.9. The molecular formula is C19H21N3O7S. The second-order valence-electron chi connectivity index (χ2n) is 7.60. The Morgan fingerprint density at radius 3 is 2.27 bits per heavy atom. The first kappa shape index (κ1) is 20.3. The number of methoxy groups -OCH3 is 1. The molecule has 0 spiro atoms. The van der Waals surface area contributed by atoms with Crippen molar-refractivity contribution in [1.82, 2.24) is 9.80 Å². The topological polar surface area (TPSA) is 121 Å². The van der Waals surface area contributed by atoms with E-state index in [0.29, 0.717) is 17.1 Å². The lowest BCUT2D eigenvalue weighted by atomic mass is 10.2. The highest BCUT2D eigenvalue weighted by atomic mass is 32.2. The molecule has 10 nitrogen and oxygen atoms in total. The Labute approximate surface area is 173 Å². The van der Waals surface area contributed by atoms with E-state index in [9.17, 15) is 27.6 Å². The number of carbonyl (C=O) groups excluding carboxylic acids is 4. The molecule has 1 aromatic carbocycles. The molecular weight excluding hydrogens is 414 g/mol. The van der Waals surface area contributed by atoms with Crippen LogP contribution in [0.4, 0.5) is 10.5 Å². The van der Waals surface area contributed by atoms with Gasteiger partial charge in [-0.15, -0.1) is 0 Å². The lowest BCUT2D eigenvalue weighted by molar-refractivity contribution is -0.143. The first-order chi connectivity index (χ1) is 14.2. The Morgan fingerprint density at radius 2 is 1.73 bits per heavy atom. The monoisotopic (exact) mass is 435 g/mol. The third-order valence-corrected chi connectivity index (χ3v) is 7.26. The van der Waals surface area contributed by atoms with Crippen molar-refractivity contribution in [2.24, 2.45) is 0 Å². The molecule has 160 valence electrons. The summed E-state index contributed by atoms with van der Waals surface area (Å²) in [5.74, 6) is -2.24. The second-order valence-corrected chi connectivity index (χ2v) is 9.83. The first-order valence-corrected chi connectivity index (χ1v) is 11.4. The largest absolute Gasteiger partial charge is 0.497 e. The van der Waals surface area contributed by atoms with Gasteiger partial charge in [0, 0.05) is 12.1 Å². The minimum atomic E-state index is -3.20. The minimum absolute atomic E-state index is 0.0134. The minimum Gasteiger partial charge on any atom is -0.497 e. The van der Waals surface area contributed by atoms with Crippen molar-refractivity contribution in [3.8, 4) is 5.75 Å². The molecule has 0 aromatic heterocycles. The van der Waals surface area contributed by atoms with Crippen LogP contribution in [0.3, 0.4) is 0 Å². The van der Waals surface area contributed by atoms with Crippen LogP contribution in [0.2, 0.25) is 0 Å². The van der Waals surface area contributed by atoms with Crippen LogP contribution >= 0.6 is 0 Å². The Morgan fingerprint density at radius 1 is 1.07 bits per heavy atom. The van der Waals surface area contributed by atoms with Gasteiger partial charge in [0.25, 0.3) is 0 Å². The Hall–Kier alpha value is -2.95. The zero-order chi connectivity index (χ0) is 21.6. The van der Waals surface area contributed by atoms with E-state index >= 15 is 0 Å². The third kappa shape index (κ3) is 3.64. The molecule has 0 N–H and O–H groups in total. The summed E-state index contributed by atoms with van der Waals surface area (Å²) < 4.78 is 28.7. The van der Waals surface area contributed by atoms with E-state index in [2.05, 4.69) is 0 Å². The number of hydrogen-bond donors (Lipinski definition) is 0. The number of ether oxygens (including phenoxy) is 1. The molecule has 0 radical (unpaired) electrons. The summed E-state index contributed by atoms with van der Waals surface area (Å²) in [6.45, 7) is -0.594. The number of imide groups is 2. The summed E-state index contributed by atoms with van der Waals surface area (Å²) in [6, 6.07) is 4.57. The first-order valence-electron chi connectivity index (χ1n) is 9.57. The SMILES string of the molecule is COc1ccc(N2C(=O)C(=O)N(CC(=O)N(C3CC3)C3CCS(=O)(=O)C3)C2=O)cc1. The quantitative estimate of drug-likeness (QED) is 0.461. The number of carbonyl (C=O) groups is 4. The number of amides is 5. The number of anilines is 1. The predicted octanol–water partition coefficient (Wildman–Crippen LogP) is 0.169. The van der Waals surface area contributed by atoms with E-state index in [-0.39, 0.29) is 23.2 Å². The van der Waals surface area contributed by atoms with Crippen LogP contribution in [-0.4, -0.2) is 79.2 Å². The summed E-state index contributed by atoms with van der Waals surface area (Å²) in [5, 5.41) is 0. The van der Waals surface area contributed by atoms with Crippen molar-refractivity contribution in [1.29, 1.82) is 0 Å². The van der Waals surface area contributed by atoms with Crippen LogP contribution in [0.1, 0.15) is 19.3 Å². The molecule has 1 aromatic rings. The van der Waals surface area contributed by atoms with Crippen molar-refractivity contribution in [3.63, 3.8) is 0 Å². The fraction of sp³-hybridized carbons (Fsp3) is 0.474. The maximum absolute atomic E-state index is 12.9. The molecule has 1 saturated carbocycles. The molecule has 1 atom stereocenters. The van der Waals surface area contributed by atoms with Gasteiger partial charge in [-0.1, -0.05) is 0 Å². The van der Waals surface area contributed by atoms with Crippen LogP contribution in [0.5, 0.6) is 5.75 Å². The maximum Gasteiger partial charge on any atom is 0.339 e. The van der Waals surface area contributed by atoms with E-state index in [1.54, 1.807) is 12.1 Å². The fourth-order valence-electron chi connectivity index (χ4n) is 3.87. The van der Waals surface area contributed by atoms with Crippen LogP contribution in [-0.2, 0) is 24.2 Å². The molecule has 11 heteroatoms. The third-order valence-electron chi connectivity index (χ3n) is 5.51. The summed E-state index contributed by atoms with van der Waals surface area (Å²) in [6.07, 6.45) is 1.84. The summed E-state index contributed by atoms with van der Waals surface area (Å²) in [7, 11) is -1.73. The van der Waals surface area contributed by atoms with E-state index < -0.39 is 46.2 Å². The molecule has 2 saturated heterocycles. The molecule has 3 fully saturated rings. The molecule has 5 amide bonds. The van der Waals surface area contributed by atoms with Gasteiger partial charge in [-0.05, 0) is 43.5 Å². The van der Waals surface area contributed by atoms with Gasteiger partial charge >= 0.3 is 17.8 Å². The summed E-state index contributed by atoms with van der Waals surface area (Å²) >= 11 is 0. The van der Waals surface area contributed by atoms with E-state index in [4.69, 9.17) is 4.74 Å².